The van der Waals surface area contributed by atoms with Crippen LogP contribution in [0.3, 0.4) is 0 Å². The number of carbonyl (C=O) groups is 1. The molecular formula is C20H23F3N2O3. The van der Waals surface area contributed by atoms with Gasteiger partial charge in [-0.25, -0.2) is 4.79 Å². The Bertz CT molecular complexity index is 867. The predicted octanol–water partition coefficient (Wildman–Crippen LogP) is 5.00. The fraction of sp³-hybridized carbons (Fsp3) is 0.350. The van der Waals surface area contributed by atoms with Crippen molar-refractivity contribution in [3.05, 3.63) is 58.1 Å². The summed E-state index contributed by atoms with van der Waals surface area (Å²) >= 11 is 0. The number of rotatable bonds is 5. The third-order valence-electron chi connectivity index (χ3n) is 4.48. The zero-order chi connectivity index (χ0) is 21.1. The van der Waals surface area contributed by atoms with Crippen LogP contribution in [-0.2, 0) is 19.2 Å². The predicted molar refractivity (Wildman–Crippen MR) is 99.8 cm³/mol. The van der Waals surface area contributed by atoms with Crippen molar-refractivity contribution in [1.29, 1.82) is 0 Å². The maximum absolute atomic E-state index is 13.5. The highest BCUT2D eigenvalue weighted by Gasteiger charge is 2.35. The molecule has 0 spiro atoms. The number of hydrogen-bond donors (Lipinski definition) is 2. The molecule has 0 aliphatic carbocycles. The summed E-state index contributed by atoms with van der Waals surface area (Å²) in [5, 5.41) is 12.3. The van der Waals surface area contributed by atoms with Gasteiger partial charge in [-0.05, 0) is 55.2 Å². The van der Waals surface area contributed by atoms with Crippen molar-refractivity contribution in [2.45, 2.75) is 40.0 Å². The van der Waals surface area contributed by atoms with Crippen LogP contribution in [0.25, 0.3) is 0 Å². The molecular weight excluding hydrogens is 373 g/mol. The smallest absolute Gasteiger partial charge is 0.416 e. The Kier molecular flexibility index (Phi) is 6.56. The number of hydrogen-bond acceptors (Lipinski definition) is 3. The van der Waals surface area contributed by atoms with Crippen molar-refractivity contribution in [2.24, 2.45) is 0 Å². The van der Waals surface area contributed by atoms with E-state index in [0.29, 0.717) is 5.75 Å². The Morgan fingerprint density at radius 3 is 2.46 bits per heavy atom. The van der Waals surface area contributed by atoms with Crippen LogP contribution >= 0.6 is 0 Å². The van der Waals surface area contributed by atoms with E-state index in [1.54, 1.807) is 6.07 Å². The maximum atomic E-state index is 13.5. The van der Waals surface area contributed by atoms with Gasteiger partial charge in [-0.15, -0.1) is 0 Å². The monoisotopic (exact) mass is 396 g/mol. The molecule has 0 heterocycles. The minimum atomic E-state index is -4.67. The average molecular weight is 396 g/mol. The van der Waals surface area contributed by atoms with E-state index in [9.17, 15) is 23.2 Å². The molecule has 0 fully saturated rings. The standard InChI is InChI=1S/C20H23F3N2O3/c1-5-14-9-13(3)18(10-12(14)2)28-11-15-16(20(21,22)23)7-6-8-17(15)25(27)19(26)24-4/h6-10,27H,5,11H2,1-4H3,(H,24,26). The number of nitrogens with one attached hydrogen (secondary N) is 1. The fourth-order valence-electron chi connectivity index (χ4n) is 2.94. The van der Waals surface area contributed by atoms with Crippen LogP contribution in [-0.4, -0.2) is 18.3 Å². The Labute approximate surface area is 161 Å². The second kappa shape index (κ2) is 8.52. The first kappa shape index (κ1) is 21.6. The zero-order valence-corrected chi connectivity index (χ0v) is 16.1. The third-order valence-corrected chi connectivity index (χ3v) is 4.48. The summed E-state index contributed by atoms with van der Waals surface area (Å²) in [7, 11) is 1.26. The summed E-state index contributed by atoms with van der Waals surface area (Å²) in [4.78, 5) is 11.7. The lowest BCUT2D eigenvalue weighted by atomic mass is 10.0. The molecule has 2 aromatic carbocycles. The van der Waals surface area contributed by atoms with E-state index in [1.807, 2.05) is 26.8 Å². The molecule has 2 aromatic rings. The lowest BCUT2D eigenvalue weighted by molar-refractivity contribution is -0.138. The van der Waals surface area contributed by atoms with Crippen molar-refractivity contribution in [2.75, 3.05) is 12.1 Å². The van der Waals surface area contributed by atoms with E-state index < -0.39 is 24.4 Å². The largest absolute Gasteiger partial charge is 0.489 e. The highest BCUT2D eigenvalue weighted by Crippen LogP contribution is 2.37. The van der Waals surface area contributed by atoms with Gasteiger partial charge in [0.25, 0.3) is 0 Å². The molecule has 2 N–H and O–H groups in total. The van der Waals surface area contributed by atoms with Crippen LogP contribution in [0.15, 0.2) is 30.3 Å². The summed E-state index contributed by atoms with van der Waals surface area (Å²) in [6.45, 7) is 5.27. The molecule has 0 radical (unpaired) electrons. The van der Waals surface area contributed by atoms with Crippen LogP contribution in [0.5, 0.6) is 5.75 Å². The molecule has 0 aliphatic heterocycles. The Balaban J connectivity index is 2.46. The molecule has 0 aliphatic rings. The lowest BCUT2D eigenvalue weighted by Crippen LogP contribution is -2.36. The lowest BCUT2D eigenvalue weighted by Gasteiger charge is -2.22. The summed E-state index contributed by atoms with van der Waals surface area (Å²) in [5.74, 6) is 0.446. The number of hydroxylamine groups is 1. The molecule has 2 rings (SSSR count). The topological polar surface area (TPSA) is 61.8 Å². The molecule has 28 heavy (non-hydrogen) atoms. The van der Waals surface area contributed by atoms with Crippen LogP contribution in [0.2, 0.25) is 0 Å². The van der Waals surface area contributed by atoms with Gasteiger partial charge in [-0.1, -0.05) is 19.1 Å². The van der Waals surface area contributed by atoms with Gasteiger partial charge in [-0.2, -0.15) is 18.2 Å². The minimum Gasteiger partial charge on any atom is -0.489 e. The van der Waals surface area contributed by atoms with E-state index in [0.717, 1.165) is 35.2 Å². The van der Waals surface area contributed by atoms with Gasteiger partial charge in [0.05, 0.1) is 11.3 Å². The van der Waals surface area contributed by atoms with Gasteiger partial charge < -0.3 is 10.1 Å². The van der Waals surface area contributed by atoms with Crippen molar-refractivity contribution >= 4 is 11.7 Å². The third kappa shape index (κ3) is 4.56. The van der Waals surface area contributed by atoms with Crippen molar-refractivity contribution in [3.8, 4) is 5.75 Å². The number of urea groups is 1. The van der Waals surface area contributed by atoms with Crippen molar-refractivity contribution in [3.63, 3.8) is 0 Å². The normalized spacial score (nSPS) is 11.3. The van der Waals surface area contributed by atoms with Crippen LogP contribution in [0.4, 0.5) is 23.7 Å². The number of alkyl halides is 3. The van der Waals surface area contributed by atoms with Crippen molar-refractivity contribution in [1.82, 2.24) is 5.32 Å². The first-order chi connectivity index (χ1) is 13.1. The highest BCUT2D eigenvalue weighted by atomic mass is 19.4. The fourth-order valence-corrected chi connectivity index (χ4v) is 2.94. The molecule has 0 bridgehead atoms. The number of amides is 2. The molecule has 0 saturated carbocycles. The van der Waals surface area contributed by atoms with E-state index >= 15 is 0 Å². The minimum absolute atomic E-state index is 0.145. The molecule has 5 nitrogen and oxygen atoms in total. The Morgan fingerprint density at radius 1 is 1.21 bits per heavy atom. The highest BCUT2D eigenvalue weighted by molar-refractivity contribution is 5.90. The van der Waals surface area contributed by atoms with E-state index in [1.165, 1.54) is 13.1 Å². The van der Waals surface area contributed by atoms with Crippen molar-refractivity contribution < 1.29 is 27.9 Å². The Hall–Kier alpha value is -2.74. The number of nitrogens with zero attached hydrogens (tertiary/aromatic N) is 1. The molecule has 0 atom stereocenters. The SMILES string of the molecule is CCc1cc(C)c(OCc2c(N(O)C(=O)NC)cccc2C(F)(F)F)cc1C. The first-order valence-corrected chi connectivity index (χ1v) is 8.72. The van der Waals surface area contributed by atoms with Gasteiger partial charge in [0, 0.05) is 12.6 Å². The number of anilines is 1. The molecule has 2 amide bonds. The van der Waals surface area contributed by atoms with Gasteiger partial charge in [-0.3, -0.25) is 5.21 Å². The zero-order valence-electron chi connectivity index (χ0n) is 16.1. The maximum Gasteiger partial charge on any atom is 0.416 e. The summed E-state index contributed by atoms with van der Waals surface area (Å²) in [5.41, 5.74) is 1.28. The molecule has 0 unspecified atom stereocenters. The molecule has 8 heteroatoms. The van der Waals surface area contributed by atoms with E-state index in [-0.39, 0.29) is 16.3 Å². The number of ether oxygens (including phenoxy) is 1. The van der Waals surface area contributed by atoms with Gasteiger partial charge in [0.2, 0.25) is 0 Å². The molecule has 152 valence electrons. The summed E-state index contributed by atoms with van der Waals surface area (Å²) in [6.07, 6.45) is -3.84. The molecule has 0 saturated heterocycles. The second-order valence-corrected chi connectivity index (χ2v) is 6.35. The number of halogens is 3. The van der Waals surface area contributed by atoms with E-state index in [2.05, 4.69) is 5.32 Å². The quantitative estimate of drug-likeness (QED) is 0.552. The summed E-state index contributed by atoms with van der Waals surface area (Å²) in [6, 6.07) is 5.99. The number of aryl methyl sites for hydroxylation is 3. The number of benzene rings is 2. The van der Waals surface area contributed by atoms with Gasteiger partial charge >= 0.3 is 12.2 Å². The Morgan fingerprint density at radius 2 is 1.89 bits per heavy atom. The molecule has 0 aromatic heterocycles. The van der Waals surface area contributed by atoms with Crippen LogP contribution in [0, 0.1) is 13.8 Å². The average Bonchev–Trinajstić information content (AvgIpc) is 2.65. The second-order valence-electron chi connectivity index (χ2n) is 6.35. The summed E-state index contributed by atoms with van der Waals surface area (Å²) < 4.78 is 46.1. The first-order valence-electron chi connectivity index (χ1n) is 8.72. The van der Waals surface area contributed by atoms with Gasteiger partial charge in [0.1, 0.15) is 12.4 Å². The van der Waals surface area contributed by atoms with Gasteiger partial charge in [0.15, 0.2) is 0 Å². The number of carbonyl (C=O) groups excluding carboxylic acids is 1. The van der Waals surface area contributed by atoms with Crippen LogP contribution in [0.1, 0.15) is 34.7 Å². The van der Waals surface area contributed by atoms with E-state index in [4.69, 9.17) is 4.74 Å². The van der Waals surface area contributed by atoms with Crippen LogP contribution < -0.4 is 15.1 Å².